The molecule has 0 aromatic heterocycles. The van der Waals surface area contributed by atoms with Crippen LogP contribution in [0.3, 0.4) is 0 Å². The molecule has 52 heavy (non-hydrogen) atoms. The van der Waals surface area contributed by atoms with Crippen LogP contribution in [0, 0.1) is 0 Å². The summed E-state index contributed by atoms with van der Waals surface area (Å²) in [5.41, 5.74) is 0.295. The highest BCUT2D eigenvalue weighted by molar-refractivity contribution is 6.31. The van der Waals surface area contributed by atoms with E-state index in [0.29, 0.717) is 13.0 Å². The smallest absolute Gasteiger partial charge is 0.344 e. The lowest BCUT2D eigenvalue weighted by Crippen LogP contribution is -2.54. The Labute approximate surface area is 300 Å². The number of phenols is 2. The van der Waals surface area contributed by atoms with Gasteiger partial charge >= 0.3 is 11.9 Å². The Bertz CT molecular complexity index is 1840. The number of ketones is 2. The number of rotatable bonds is 12. The summed E-state index contributed by atoms with van der Waals surface area (Å²) in [5, 5.41) is 37.9. The molecule has 6 unspecified atom stereocenters. The zero-order valence-corrected chi connectivity index (χ0v) is 29.3. The number of unbranched alkanes of at least 4 members (excludes halogenated alkanes) is 1. The normalized spacial score (nSPS) is 23.6. The Morgan fingerprint density at radius 1 is 0.942 bits per heavy atom. The number of aromatic hydroxyl groups is 2. The lowest BCUT2D eigenvalue weighted by Gasteiger charge is -2.41. The summed E-state index contributed by atoms with van der Waals surface area (Å²) < 4.78 is 28.7. The van der Waals surface area contributed by atoms with E-state index in [1.54, 1.807) is 13.0 Å². The van der Waals surface area contributed by atoms with Crippen molar-refractivity contribution in [2.75, 3.05) is 13.7 Å². The molecule has 0 bridgehead atoms. The first-order valence-electron chi connectivity index (χ1n) is 17.5. The summed E-state index contributed by atoms with van der Waals surface area (Å²) in [6, 6.07) is 13.7. The van der Waals surface area contributed by atoms with E-state index >= 15 is 0 Å². The van der Waals surface area contributed by atoms with Crippen molar-refractivity contribution in [2.45, 2.75) is 95.7 Å². The maximum atomic E-state index is 14.0. The Morgan fingerprint density at radius 2 is 1.69 bits per heavy atom. The molecule has 1 aliphatic heterocycles. The van der Waals surface area contributed by atoms with Crippen LogP contribution in [0.4, 0.5) is 0 Å². The summed E-state index contributed by atoms with van der Waals surface area (Å²) in [7, 11) is 1.36. The van der Waals surface area contributed by atoms with E-state index in [1.165, 1.54) is 19.2 Å². The van der Waals surface area contributed by atoms with Crippen LogP contribution in [0.5, 0.6) is 17.2 Å². The number of aliphatic hydroxyl groups is 1. The lowest BCUT2D eigenvalue weighted by molar-refractivity contribution is -0.247. The number of hydrogen-bond donors (Lipinski definition) is 4. The van der Waals surface area contributed by atoms with Crippen molar-refractivity contribution in [3.05, 3.63) is 87.5 Å². The van der Waals surface area contributed by atoms with Crippen LogP contribution in [-0.2, 0) is 41.5 Å². The average molecular weight is 718 g/mol. The van der Waals surface area contributed by atoms with Gasteiger partial charge in [-0.1, -0.05) is 55.8 Å². The Kier molecular flexibility index (Phi) is 11.2. The number of carbonyl (C=O) groups is 4. The molecular weight excluding hydrogens is 674 g/mol. The number of nitrogens with one attached hydrogen (secondary N) is 1. The molecule has 3 aliphatic rings. The predicted octanol–water partition coefficient (Wildman–Crippen LogP) is 4.19. The SMILES string of the molecule is CCCCC(=O)OCC(=O)OC1Cc2c(O)c3c(c(O)c2C(OC2CC(NCc4ccccc4)C(O)C(C)O2)C1)C(=O)c1c(OC)cccc1C3=O. The number of carbonyl (C=O) groups excluding carboxylic acids is 4. The zero-order chi connectivity index (χ0) is 37.1. The molecule has 2 aliphatic carbocycles. The fraction of sp³-hybridized carbons (Fsp3) is 0.436. The Hall–Kier alpha value is -4.82. The summed E-state index contributed by atoms with van der Waals surface area (Å²) in [6.45, 7) is 3.47. The highest BCUT2D eigenvalue weighted by Gasteiger charge is 2.45. The quantitative estimate of drug-likeness (QED) is 0.121. The number of hydrogen-bond acceptors (Lipinski definition) is 13. The number of phenolic OH excluding ortho intramolecular Hbond substituents is 2. The number of aliphatic hydroxyl groups excluding tert-OH is 1. The van der Waals surface area contributed by atoms with Gasteiger partial charge < -0.3 is 44.3 Å². The minimum Gasteiger partial charge on any atom is -0.507 e. The third kappa shape index (κ3) is 7.40. The average Bonchev–Trinajstić information content (AvgIpc) is 3.14. The first kappa shape index (κ1) is 37.0. The van der Waals surface area contributed by atoms with E-state index in [-0.39, 0.29) is 59.3 Å². The maximum absolute atomic E-state index is 14.0. The number of esters is 2. The van der Waals surface area contributed by atoms with Gasteiger partial charge in [-0.15, -0.1) is 0 Å². The molecule has 13 heteroatoms. The first-order valence-corrected chi connectivity index (χ1v) is 17.5. The van der Waals surface area contributed by atoms with Crippen LogP contribution >= 0.6 is 0 Å². The van der Waals surface area contributed by atoms with E-state index in [9.17, 15) is 34.5 Å². The number of methoxy groups -OCH3 is 1. The van der Waals surface area contributed by atoms with Crippen molar-refractivity contribution in [3.8, 4) is 17.2 Å². The maximum Gasteiger partial charge on any atom is 0.344 e. The van der Waals surface area contributed by atoms with Gasteiger partial charge in [0.1, 0.15) is 23.4 Å². The van der Waals surface area contributed by atoms with Gasteiger partial charge in [0.05, 0.1) is 42.1 Å². The molecule has 1 fully saturated rings. The molecule has 0 radical (unpaired) electrons. The summed E-state index contributed by atoms with van der Waals surface area (Å²) in [6.07, 6.45) is -3.03. The van der Waals surface area contributed by atoms with Gasteiger partial charge in [-0.3, -0.25) is 14.4 Å². The van der Waals surface area contributed by atoms with Crippen LogP contribution in [0.2, 0.25) is 0 Å². The highest BCUT2D eigenvalue weighted by Crippen LogP contribution is 2.51. The second-order valence-corrected chi connectivity index (χ2v) is 13.3. The van der Waals surface area contributed by atoms with Crippen LogP contribution in [0.25, 0.3) is 0 Å². The largest absolute Gasteiger partial charge is 0.507 e. The Morgan fingerprint density at radius 3 is 2.42 bits per heavy atom. The van der Waals surface area contributed by atoms with E-state index in [4.69, 9.17) is 23.7 Å². The number of benzene rings is 3. The van der Waals surface area contributed by atoms with Crippen molar-refractivity contribution in [1.82, 2.24) is 5.32 Å². The van der Waals surface area contributed by atoms with Gasteiger partial charge in [0.15, 0.2) is 18.7 Å². The van der Waals surface area contributed by atoms with E-state index < -0.39 is 83.9 Å². The van der Waals surface area contributed by atoms with Crippen molar-refractivity contribution < 1.29 is 58.2 Å². The highest BCUT2D eigenvalue weighted by atomic mass is 16.7. The van der Waals surface area contributed by atoms with Gasteiger partial charge in [-0.25, -0.2) is 4.79 Å². The molecule has 276 valence electrons. The monoisotopic (exact) mass is 717 g/mol. The van der Waals surface area contributed by atoms with Crippen molar-refractivity contribution in [3.63, 3.8) is 0 Å². The molecule has 13 nitrogen and oxygen atoms in total. The van der Waals surface area contributed by atoms with Gasteiger partial charge in [-0.05, 0) is 25.0 Å². The van der Waals surface area contributed by atoms with Crippen molar-refractivity contribution in [1.29, 1.82) is 0 Å². The lowest BCUT2D eigenvalue weighted by atomic mass is 9.76. The topological polar surface area (TPSA) is 187 Å². The molecule has 3 aromatic rings. The van der Waals surface area contributed by atoms with Crippen molar-refractivity contribution in [2.24, 2.45) is 0 Å². The minimum absolute atomic E-state index is 0.000159. The molecule has 1 heterocycles. The fourth-order valence-electron chi connectivity index (χ4n) is 7.18. The molecule has 0 saturated carbocycles. The molecule has 0 amide bonds. The van der Waals surface area contributed by atoms with E-state index in [0.717, 1.165) is 12.0 Å². The zero-order valence-electron chi connectivity index (χ0n) is 29.3. The molecule has 0 spiro atoms. The third-order valence-corrected chi connectivity index (χ3v) is 9.81. The number of fused-ring (bicyclic) bond motifs is 3. The van der Waals surface area contributed by atoms with Crippen molar-refractivity contribution >= 4 is 23.5 Å². The van der Waals surface area contributed by atoms with Gasteiger partial charge in [0.2, 0.25) is 5.78 Å². The first-order chi connectivity index (χ1) is 25.0. The molecule has 4 N–H and O–H groups in total. The molecule has 3 aromatic carbocycles. The minimum atomic E-state index is -1.12. The van der Waals surface area contributed by atoms with Crippen LogP contribution in [0.15, 0.2) is 48.5 Å². The van der Waals surface area contributed by atoms with Crippen LogP contribution in [0.1, 0.15) is 101 Å². The second-order valence-electron chi connectivity index (χ2n) is 13.3. The molecule has 1 saturated heterocycles. The molecule has 6 rings (SSSR count). The van der Waals surface area contributed by atoms with Crippen LogP contribution in [-0.4, -0.2) is 83.2 Å². The Balaban J connectivity index is 1.32. The summed E-state index contributed by atoms with van der Waals surface area (Å²) >= 11 is 0. The van der Waals surface area contributed by atoms with Gasteiger partial charge in [-0.2, -0.15) is 0 Å². The second kappa shape index (κ2) is 15.8. The summed E-state index contributed by atoms with van der Waals surface area (Å²) in [5.74, 6) is -3.76. The predicted molar refractivity (Wildman–Crippen MR) is 184 cm³/mol. The van der Waals surface area contributed by atoms with Gasteiger partial charge in [0, 0.05) is 55.0 Å². The standard InChI is InChI=1S/C39H43NO12/c1-4-5-14-28(41)49-19-29(42)51-22-15-24-32(39(47)34-33(37(24)45)36(44)23-12-9-13-26(48-3)31(23)38(34)46)27(16-22)52-30-17-25(35(43)20(2)50-30)40-18-21-10-7-6-8-11-21/h6-13,20,22,25,27,30,35,40,43,45,47H,4-5,14-19H2,1-3H3. The van der Waals surface area contributed by atoms with E-state index in [1.807, 2.05) is 37.3 Å². The number of ether oxygens (including phenoxy) is 5. The van der Waals surface area contributed by atoms with Gasteiger partial charge in [0.25, 0.3) is 0 Å². The molecular formula is C39H43NO12. The van der Waals surface area contributed by atoms with E-state index in [2.05, 4.69) is 5.32 Å². The van der Waals surface area contributed by atoms with Crippen LogP contribution < -0.4 is 10.1 Å². The third-order valence-electron chi connectivity index (χ3n) is 9.81. The fourth-order valence-corrected chi connectivity index (χ4v) is 7.18. The summed E-state index contributed by atoms with van der Waals surface area (Å²) in [4.78, 5) is 52.7. The molecule has 6 atom stereocenters.